The number of fused-ring (bicyclic) bond motifs is 2. The molecule has 1 aliphatic carbocycles. The van der Waals surface area contributed by atoms with E-state index in [9.17, 15) is 0 Å². The van der Waals surface area contributed by atoms with E-state index in [-0.39, 0.29) is 0 Å². The van der Waals surface area contributed by atoms with E-state index in [1.807, 2.05) is 23.9 Å². The van der Waals surface area contributed by atoms with Crippen LogP contribution in [0.5, 0.6) is 0 Å². The Morgan fingerprint density at radius 1 is 0.952 bits per heavy atom. The van der Waals surface area contributed by atoms with Crippen molar-refractivity contribution in [1.82, 2.24) is 14.8 Å². The molecule has 2 aromatic heterocycles. The molecule has 11 heteroatoms. The molecule has 4 fully saturated rings. The lowest BCUT2D eigenvalue weighted by Crippen LogP contribution is -2.48. The number of ether oxygens (including phenoxy) is 1. The van der Waals surface area contributed by atoms with Gasteiger partial charge in [0.15, 0.2) is 11.5 Å². The van der Waals surface area contributed by atoms with Gasteiger partial charge >= 0.3 is 14.2 Å². The summed E-state index contributed by atoms with van der Waals surface area (Å²) in [7, 11) is -1.05. The maximum Gasteiger partial charge on any atom is 0.498 e. The lowest BCUT2D eigenvalue weighted by atomic mass is 9.71. The fourth-order valence-electron chi connectivity index (χ4n) is 6.90. The van der Waals surface area contributed by atoms with Crippen molar-refractivity contribution in [3.63, 3.8) is 0 Å². The number of benzene rings is 1. The molecular weight excluding hydrogens is 532 g/mol. The van der Waals surface area contributed by atoms with Gasteiger partial charge in [0, 0.05) is 43.8 Å². The zero-order chi connectivity index (χ0) is 29.7. The number of aromatic nitrogens is 3. The first-order valence-corrected chi connectivity index (χ1v) is 15.5. The summed E-state index contributed by atoms with van der Waals surface area (Å²) in [5.41, 5.74) is 2.33. The molecule has 0 spiro atoms. The van der Waals surface area contributed by atoms with Crippen LogP contribution in [0.3, 0.4) is 0 Å². The molecule has 3 aliphatic heterocycles. The fraction of sp³-hybridized carbons (Fsp3) is 0.677. The van der Waals surface area contributed by atoms with Crippen LogP contribution in [-0.4, -0.2) is 64.1 Å². The van der Waals surface area contributed by atoms with Crippen LogP contribution in [-0.2, 0) is 42.7 Å². The van der Waals surface area contributed by atoms with Crippen molar-refractivity contribution in [2.75, 3.05) is 6.61 Å². The molecule has 1 aromatic carbocycles. The smallest absolute Gasteiger partial charge is 0.441 e. The number of nitrogens with zero attached hydrogens (tertiary/aromatic N) is 3. The molecular formula is C31H43B2N3O6. The van der Waals surface area contributed by atoms with Crippen LogP contribution in [0.2, 0.25) is 0 Å². The molecule has 3 aromatic rings. The van der Waals surface area contributed by atoms with Crippen LogP contribution in [0, 0.1) is 11.8 Å². The highest BCUT2D eigenvalue weighted by Crippen LogP contribution is 2.45. The molecule has 42 heavy (non-hydrogen) atoms. The quantitative estimate of drug-likeness (QED) is 0.393. The van der Waals surface area contributed by atoms with Gasteiger partial charge in [-0.1, -0.05) is 6.92 Å². The molecule has 1 saturated carbocycles. The Labute approximate surface area is 249 Å². The number of hydrogen-bond acceptors (Lipinski definition) is 8. The second kappa shape index (κ2) is 9.66. The zero-order valence-corrected chi connectivity index (χ0v) is 26.2. The third-order valence-electron chi connectivity index (χ3n) is 10.8. The van der Waals surface area contributed by atoms with E-state index < -0.39 is 36.6 Å². The van der Waals surface area contributed by atoms with Gasteiger partial charge in [-0.2, -0.15) is 5.10 Å². The van der Waals surface area contributed by atoms with E-state index in [0.29, 0.717) is 30.3 Å². The lowest BCUT2D eigenvalue weighted by Gasteiger charge is -2.38. The molecule has 9 nitrogen and oxygen atoms in total. The topological polar surface area (TPSA) is 90.0 Å². The highest BCUT2D eigenvalue weighted by molar-refractivity contribution is 6.63. The summed E-state index contributed by atoms with van der Waals surface area (Å²) in [6.07, 6.45) is 8.03. The summed E-state index contributed by atoms with van der Waals surface area (Å²) in [6, 6.07) is 4.14. The van der Waals surface area contributed by atoms with Crippen molar-refractivity contribution in [1.29, 1.82) is 0 Å². The minimum atomic E-state index is -0.647. The first-order chi connectivity index (χ1) is 19.8. The monoisotopic (exact) mass is 575 g/mol. The van der Waals surface area contributed by atoms with Crippen LogP contribution >= 0.6 is 0 Å². The predicted molar refractivity (Wildman–Crippen MR) is 161 cm³/mol. The normalized spacial score (nSPS) is 31.2. The summed E-state index contributed by atoms with van der Waals surface area (Å²) in [5, 5.41) is 4.68. The van der Waals surface area contributed by atoms with Crippen molar-refractivity contribution in [2.24, 2.45) is 11.8 Å². The van der Waals surface area contributed by atoms with Gasteiger partial charge in [0.2, 0.25) is 0 Å². The maximum atomic E-state index is 6.80. The Hall–Kier alpha value is -2.17. The number of oxazole rings is 1. The van der Waals surface area contributed by atoms with Crippen molar-refractivity contribution >= 4 is 36.3 Å². The lowest BCUT2D eigenvalue weighted by molar-refractivity contribution is -0.0192. The molecule has 224 valence electrons. The third kappa shape index (κ3) is 4.58. The van der Waals surface area contributed by atoms with E-state index in [4.69, 9.17) is 32.8 Å². The van der Waals surface area contributed by atoms with Crippen molar-refractivity contribution in [3.8, 4) is 0 Å². The second-order valence-corrected chi connectivity index (χ2v) is 14.4. The maximum absolute atomic E-state index is 6.80. The second-order valence-electron chi connectivity index (χ2n) is 14.4. The summed E-state index contributed by atoms with van der Waals surface area (Å²) < 4.78 is 40.3. The Balaban J connectivity index is 1.16. The number of rotatable bonds is 7. The molecule has 0 radical (unpaired) electrons. The van der Waals surface area contributed by atoms with Gasteiger partial charge in [0.1, 0.15) is 5.52 Å². The third-order valence-corrected chi connectivity index (χ3v) is 10.8. The standard InChI is InChI=1S/C31H43B2N3O6/c1-9-27-35-24-12-19(23(14-26(24)38-27)33-39-28(2,3)29(4,5)40-33)15-31(8)30(6,7)41-32(42-31)21-16-34-36(18-21)17-20-13-25-22(20)10-11-37-25/h12,14,16,18,20,22,25H,9-11,13,15,17H2,1-8H3/t20-,22?,25+,31?/m0/s1. The van der Waals surface area contributed by atoms with E-state index in [2.05, 4.69) is 65.8 Å². The van der Waals surface area contributed by atoms with Crippen molar-refractivity contribution in [3.05, 3.63) is 36.0 Å². The van der Waals surface area contributed by atoms with Crippen molar-refractivity contribution in [2.45, 2.75) is 116 Å². The highest BCUT2D eigenvalue weighted by atomic mass is 16.7. The SMILES string of the molecule is CCc1nc2cc(CC3(C)OB(c4cnn(C[C@@H]5C[C@H]6OCCC56)c4)OC3(C)C)c(B3OC(C)(C)C(C)(C)O3)cc2o1. The van der Waals surface area contributed by atoms with Gasteiger partial charge in [-0.15, -0.1) is 0 Å². The Morgan fingerprint density at radius 3 is 2.40 bits per heavy atom. The fourth-order valence-corrected chi connectivity index (χ4v) is 6.90. The Bertz CT molecular complexity index is 1480. The van der Waals surface area contributed by atoms with Gasteiger partial charge in [-0.3, -0.25) is 4.68 Å². The average Bonchev–Trinajstić information content (AvgIpc) is 3.68. The highest BCUT2D eigenvalue weighted by Gasteiger charge is 2.57. The summed E-state index contributed by atoms with van der Waals surface area (Å²) >= 11 is 0. The number of aryl methyl sites for hydroxylation is 1. The largest absolute Gasteiger partial charge is 0.498 e. The minimum absolute atomic E-state index is 0.458. The van der Waals surface area contributed by atoms with Crippen molar-refractivity contribution < 1.29 is 27.8 Å². The van der Waals surface area contributed by atoms with Crippen LogP contribution in [0.15, 0.2) is 28.9 Å². The van der Waals surface area contributed by atoms with Crippen LogP contribution in [0.25, 0.3) is 11.1 Å². The molecule has 5 heterocycles. The average molecular weight is 575 g/mol. The Morgan fingerprint density at radius 2 is 1.69 bits per heavy atom. The molecule has 7 rings (SSSR count). The minimum Gasteiger partial charge on any atom is -0.441 e. The van der Waals surface area contributed by atoms with Gasteiger partial charge in [-0.25, -0.2) is 4.98 Å². The van der Waals surface area contributed by atoms with Gasteiger partial charge in [0.05, 0.1) is 28.5 Å². The molecule has 0 N–H and O–H groups in total. The van der Waals surface area contributed by atoms with Crippen LogP contribution < -0.4 is 10.9 Å². The van der Waals surface area contributed by atoms with Gasteiger partial charge < -0.3 is 27.8 Å². The van der Waals surface area contributed by atoms with E-state index >= 15 is 0 Å². The van der Waals surface area contributed by atoms with Crippen LogP contribution in [0.4, 0.5) is 0 Å². The van der Waals surface area contributed by atoms with Gasteiger partial charge in [-0.05, 0) is 96.3 Å². The molecule has 4 atom stereocenters. The van der Waals surface area contributed by atoms with E-state index in [1.54, 1.807) is 0 Å². The van der Waals surface area contributed by atoms with Crippen LogP contribution in [0.1, 0.15) is 79.7 Å². The number of hydrogen-bond donors (Lipinski definition) is 0. The summed E-state index contributed by atoms with van der Waals surface area (Å²) in [6.45, 7) is 18.5. The molecule has 3 saturated heterocycles. The first kappa shape index (κ1) is 28.6. The molecule has 2 unspecified atom stereocenters. The molecule has 4 aliphatic rings. The predicted octanol–water partition coefficient (Wildman–Crippen LogP) is 3.83. The van der Waals surface area contributed by atoms with E-state index in [0.717, 1.165) is 53.6 Å². The summed E-state index contributed by atoms with van der Waals surface area (Å²) in [5.74, 6) is 2.02. The molecule has 0 amide bonds. The Kier molecular flexibility index (Phi) is 6.58. The van der Waals surface area contributed by atoms with E-state index in [1.165, 1.54) is 6.42 Å². The van der Waals surface area contributed by atoms with Gasteiger partial charge in [0.25, 0.3) is 0 Å². The summed E-state index contributed by atoms with van der Waals surface area (Å²) in [4.78, 5) is 4.73. The zero-order valence-electron chi connectivity index (χ0n) is 26.2. The first-order valence-electron chi connectivity index (χ1n) is 15.5. The molecule has 0 bridgehead atoms.